The molecule has 0 aliphatic heterocycles. The van der Waals surface area contributed by atoms with Gasteiger partial charge in [-0.1, -0.05) is 26.0 Å². The lowest BCUT2D eigenvalue weighted by atomic mass is 10.0. The van der Waals surface area contributed by atoms with Crippen molar-refractivity contribution in [2.75, 3.05) is 18.5 Å². The zero-order valence-corrected chi connectivity index (χ0v) is 15.3. The number of rotatable bonds is 10. The summed E-state index contributed by atoms with van der Waals surface area (Å²) in [5, 5.41) is 14.1. The lowest BCUT2D eigenvalue weighted by Crippen LogP contribution is -2.16. The number of amides is 1. The molecule has 1 aliphatic carbocycles. The summed E-state index contributed by atoms with van der Waals surface area (Å²) >= 11 is 0. The van der Waals surface area contributed by atoms with Gasteiger partial charge in [0.2, 0.25) is 5.91 Å². The summed E-state index contributed by atoms with van der Waals surface area (Å²) in [5.74, 6) is 0.677. The second-order valence-corrected chi connectivity index (χ2v) is 6.29. The van der Waals surface area contributed by atoms with Gasteiger partial charge in [0.05, 0.1) is 24.2 Å². The predicted molar refractivity (Wildman–Crippen MR) is 99.8 cm³/mol. The molecule has 7 heteroatoms. The fraction of sp³-hybridized carbons (Fsp3) is 0.526. The molecule has 1 N–H and O–H groups in total. The van der Waals surface area contributed by atoms with E-state index in [1.54, 1.807) is 0 Å². The number of carbonyl (C=O) groups excluding carboxylic acids is 1. The van der Waals surface area contributed by atoms with Crippen molar-refractivity contribution >= 4 is 17.3 Å². The van der Waals surface area contributed by atoms with Gasteiger partial charge in [-0.25, -0.2) is 0 Å². The number of hydrogen-bond acceptors (Lipinski definition) is 5. The van der Waals surface area contributed by atoms with E-state index in [0.29, 0.717) is 31.1 Å². The maximum atomic E-state index is 12.3. The van der Waals surface area contributed by atoms with Crippen LogP contribution in [0.3, 0.4) is 0 Å². The van der Waals surface area contributed by atoms with Crippen LogP contribution in [0, 0.1) is 16.0 Å². The minimum atomic E-state index is -0.520. The number of nitrogens with zero attached hydrogens (tertiary/aromatic N) is 1. The van der Waals surface area contributed by atoms with Crippen LogP contribution in [0.2, 0.25) is 0 Å². The molecule has 0 bridgehead atoms. The average molecular weight is 362 g/mol. The third-order valence-corrected chi connectivity index (χ3v) is 4.02. The Labute approximate surface area is 153 Å². The first kappa shape index (κ1) is 19.8. The van der Waals surface area contributed by atoms with Crippen molar-refractivity contribution in [2.45, 2.75) is 46.0 Å². The molecule has 1 aromatic carbocycles. The summed E-state index contributed by atoms with van der Waals surface area (Å²) in [6.45, 7) is 4.81. The molecule has 142 valence electrons. The van der Waals surface area contributed by atoms with Crippen molar-refractivity contribution in [1.29, 1.82) is 0 Å². The van der Waals surface area contributed by atoms with E-state index in [1.165, 1.54) is 12.1 Å². The summed E-state index contributed by atoms with van der Waals surface area (Å²) in [6, 6.07) is 2.81. The minimum absolute atomic E-state index is 0.136. The topological polar surface area (TPSA) is 90.7 Å². The van der Waals surface area contributed by atoms with Gasteiger partial charge in [0.15, 0.2) is 11.5 Å². The van der Waals surface area contributed by atoms with Gasteiger partial charge >= 0.3 is 0 Å². The zero-order valence-electron chi connectivity index (χ0n) is 15.3. The third kappa shape index (κ3) is 5.47. The van der Waals surface area contributed by atoms with Gasteiger partial charge in [-0.2, -0.15) is 0 Å². The van der Waals surface area contributed by atoms with Gasteiger partial charge in [-0.15, -0.1) is 0 Å². The Morgan fingerprint density at radius 2 is 1.88 bits per heavy atom. The normalized spacial score (nSPS) is 15.7. The van der Waals surface area contributed by atoms with Crippen molar-refractivity contribution in [1.82, 2.24) is 0 Å². The number of hydrogen-bond donors (Lipinski definition) is 1. The van der Waals surface area contributed by atoms with Crippen LogP contribution in [0.5, 0.6) is 11.5 Å². The van der Waals surface area contributed by atoms with Crippen LogP contribution in [0.4, 0.5) is 11.4 Å². The smallest absolute Gasteiger partial charge is 0.296 e. The maximum absolute atomic E-state index is 12.3. The summed E-state index contributed by atoms with van der Waals surface area (Å²) < 4.78 is 11.3. The fourth-order valence-corrected chi connectivity index (χ4v) is 2.75. The molecule has 26 heavy (non-hydrogen) atoms. The highest BCUT2D eigenvalue weighted by Gasteiger charge is 2.23. The van der Waals surface area contributed by atoms with E-state index >= 15 is 0 Å². The number of benzene rings is 1. The van der Waals surface area contributed by atoms with Gasteiger partial charge in [-0.05, 0) is 31.6 Å². The largest absolute Gasteiger partial charge is 0.490 e. The van der Waals surface area contributed by atoms with Crippen molar-refractivity contribution in [2.24, 2.45) is 5.92 Å². The molecule has 1 amide bonds. The highest BCUT2D eigenvalue weighted by molar-refractivity contribution is 5.94. The molecule has 0 aromatic heterocycles. The Morgan fingerprint density at radius 1 is 1.23 bits per heavy atom. The molecular weight excluding hydrogens is 336 g/mol. The number of allylic oxidation sites excluding steroid dienone is 2. The average Bonchev–Trinajstić information content (AvgIpc) is 3.11. The molecular formula is C19H26N2O5. The molecule has 0 saturated carbocycles. The molecule has 1 unspecified atom stereocenters. The Morgan fingerprint density at radius 3 is 2.42 bits per heavy atom. The van der Waals surface area contributed by atoms with Crippen molar-refractivity contribution in [3.8, 4) is 11.5 Å². The number of nitro benzene ring substituents is 1. The molecule has 0 spiro atoms. The summed E-state index contributed by atoms with van der Waals surface area (Å²) in [5.41, 5.74) is -0.0628. The van der Waals surface area contributed by atoms with E-state index in [-0.39, 0.29) is 23.2 Å². The molecule has 0 fully saturated rings. The molecule has 1 aliphatic rings. The number of nitro groups is 1. The van der Waals surface area contributed by atoms with Gasteiger partial charge < -0.3 is 14.8 Å². The SMILES string of the molecule is CCCOc1cc(NC(=O)CC2C=CCC2)c([N+](=O)[O-])cc1OCCC. The first-order valence-electron chi connectivity index (χ1n) is 9.09. The Bertz CT molecular complexity index is 672. The first-order chi connectivity index (χ1) is 12.5. The number of carbonyl (C=O) groups is 1. The van der Waals surface area contributed by atoms with E-state index in [0.717, 1.165) is 25.7 Å². The van der Waals surface area contributed by atoms with Crippen LogP contribution in [-0.4, -0.2) is 24.0 Å². The maximum Gasteiger partial charge on any atom is 0.296 e. The number of anilines is 1. The second kappa shape index (κ2) is 9.79. The van der Waals surface area contributed by atoms with Gasteiger partial charge in [0.25, 0.3) is 5.69 Å². The Balaban J connectivity index is 2.24. The fourth-order valence-electron chi connectivity index (χ4n) is 2.75. The quantitative estimate of drug-likeness (QED) is 0.377. The van der Waals surface area contributed by atoms with Crippen molar-refractivity contribution < 1.29 is 19.2 Å². The number of ether oxygens (including phenoxy) is 2. The summed E-state index contributed by atoms with van der Waals surface area (Å²) in [7, 11) is 0. The van der Waals surface area contributed by atoms with E-state index in [4.69, 9.17) is 9.47 Å². The predicted octanol–water partition coefficient (Wildman–Crippen LogP) is 4.47. The Hall–Kier alpha value is -2.57. The van der Waals surface area contributed by atoms with E-state index < -0.39 is 4.92 Å². The third-order valence-electron chi connectivity index (χ3n) is 4.02. The van der Waals surface area contributed by atoms with Crippen LogP contribution in [-0.2, 0) is 4.79 Å². The van der Waals surface area contributed by atoms with Crippen LogP contribution < -0.4 is 14.8 Å². The van der Waals surface area contributed by atoms with Crippen LogP contribution in [0.1, 0.15) is 46.0 Å². The molecule has 0 radical (unpaired) electrons. The van der Waals surface area contributed by atoms with E-state index in [9.17, 15) is 14.9 Å². The van der Waals surface area contributed by atoms with Crippen LogP contribution in [0.25, 0.3) is 0 Å². The van der Waals surface area contributed by atoms with Crippen LogP contribution >= 0.6 is 0 Å². The molecule has 7 nitrogen and oxygen atoms in total. The van der Waals surface area contributed by atoms with Gasteiger partial charge in [0, 0.05) is 12.5 Å². The van der Waals surface area contributed by atoms with Crippen molar-refractivity contribution in [3.05, 3.63) is 34.4 Å². The lowest BCUT2D eigenvalue weighted by molar-refractivity contribution is -0.384. The van der Waals surface area contributed by atoms with E-state index in [2.05, 4.69) is 11.4 Å². The van der Waals surface area contributed by atoms with Crippen LogP contribution in [0.15, 0.2) is 24.3 Å². The zero-order chi connectivity index (χ0) is 18.9. The van der Waals surface area contributed by atoms with Gasteiger partial charge in [-0.3, -0.25) is 14.9 Å². The molecule has 2 rings (SSSR count). The minimum Gasteiger partial charge on any atom is -0.490 e. The van der Waals surface area contributed by atoms with E-state index in [1.807, 2.05) is 19.9 Å². The lowest BCUT2D eigenvalue weighted by Gasteiger charge is -2.15. The van der Waals surface area contributed by atoms with Crippen molar-refractivity contribution in [3.63, 3.8) is 0 Å². The monoisotopic (exact) mass is 362 g/mol. The highest BCUT2D eigenvalue weighted by Crippen LogP contribution is 2.38. The molecule has 1 atom stereocenters. The Kier molecular flexibility index (Phi) is 7.44. The molecule has 0 heterocycles. The standard InChI is InChI=1S/C19H26N2O5/c1-3-9-25-17-12-15(20-19(22)11-14-7-5-6-8-14)16(21(23)24)13-18(17)26-10-4-2/h5,7,12-14H,3-4,6,8-11H2,1-2H3,(H,20,22). The molecule has 0 saturated heterocycles. The summed E-state index contributed by atoms with van der Waals surface area (Å²) in [6.07, 6.45) is 7.85. The molecule has 1 aromatic rings. The second-order valence-electron chi connectivity index (χ2n) is 6.29. The summed E-state index contributed by atoms with van der Waals surface area (Å²) in [4.78, 5) is 23.2. The highest BCUT2D eigenvalue weighted by atomic mass is 16.6. The first-order valence-corrected chi connectivity index (χ1v) is 9.09. The van der Waals surface area contributed by atoms with Gasteiger partial charge in [0.1, 0.15) is 5.69 Å². The number of nitrogens with one attached hydrogen (secondary N) is 1.